The van der Waals surface area contributed by atoms with Gasteiger partial charge in [0, 0.05) is 18.8 Å². The molecule has 0 spiro atoms. The number of aromatic nitrogens is 1. The number of sulfonamides is 1. The summed E-state index contributed by atoms with van der Waals surface area (Å²) in [5.74, 6) is -0.899. The topological polar surface area (TPSA) is 123 Å². The zero-order chi connectivity index (χ0) is 18.9. The predicted octanol–water partition coefficient (Wildman–Crippen LogP) is 2.21. The number of pyridine rings is 1. The highest BCUT2D eigenvalue weighted by Crippen LogP contribution is 2.41. The molecule has 9 heteroatoms. The molecule has 1 fully saturated rings. The summed E-state index contributed by atoms with van der Waals surface area (Å²) in [6.45, 7) is 2.66. The lowest BCUT2D eigenvalue weighted by Gasteiger charge is -2.27. The lowest BCUT2D eigenvalue weighted by molar-refractivity contribution is 0.0696. The first-order chi connectivity index (χ1) is 12.3. The van der Waals surface area contributed by atoms with Gasteiger partial charge in [0.25, 0.3) is 0 Å². The van der Waals surface area contributed by atoms with Gasteiger partial charge in [-0.2, -0.15) is 0 Å². The summed E-state index contributed by atoms with van der Waals surface area (Å²) >= 11 is 0. The highest BCUT2D eigenvalue weighted by molar-refractivity contribution is 7.89. The molecule has 0 aliphatic carbocycles. The van der Waals surface area contributed by atoms with Gasteiger partial charge >= 0.3 is 5.97 Å². The number of hydrogen-bond donors (Lipinski definition) is 2. The van der Waals surface area contributed by atoms with E-state index in [9.17, 15) is 18.3 Å². The molecule has 2 heterocycles. The summed E-state index contributed by atoms with van der Waals surface area (Å²) in [7, 11) is -4.21. The lowest BCUT2D eigenvalue weighted by Crippen LogP contribution is -2.28. The fraction of sp³-hybridized carbons (Fsp3) is 0.294. The Bertz CT molecular complexity index is 931. The summed E-state index contributed by atoms with van der Waals surface area (Å²) in [5.41, 5.74) is 0.226. The van der Waals surface area contributed by atoms with E-state index >= 15 is 0 Å². The van der Waals surface area contributed by atoms with Crippen LogP contribution in [0, 0.1) is 0 Å². The predicted molar refractivity (Wildman–Crippen MR) is 95.1 cm³/mol. The van der Waals surface area contributed by atoms with E-state index in [1.807, 2.05) is 11.8 Å². The molecule has 1 unspecified atom stereocenters. The van der Waals surface area contributed by atoms with Crippen LogP contribution < -0.4 is 14.8 Å². The zero-order valence-electron chi connectivity index (χ0n) is 14.1. The van der Waals surface area contributed by atoms with Crippen LogP contribution >= 0.6 is 0 Å². The summed E-state index contributed by atoms with van der Waals surface area (Å²) in [6.07, 6.45) is 4.82. The van der Waals surface area contributed by atoms with Gasteiger partial charge in [0.1, 0.15) is 10.6 Å². The van der Waals surface area contributed by atoms with Gasteiger partial charge < -0.3 is 14.7 Å². The van der Waals surface area contributed by atoms with Crippen molar-refractivity contribution in [1.82, 2.24) is 4.98 Å². The number of carboxylic acids is 1. The van der Waals surface area contributed by atoms with Crippen molar-refractivity contribution in [3.8, 4) is 11.5 Å². The maximum atomic E-state index is 12.1. The average Bonchev–Trinajstić information content (AvgIpc) is 3.00. The standard InChI is InChI=1S/C17H19N3O5S/c1-11-4-3-7-20(11)14-8-12(17(21)22)9-15(26(18,23)24)16(14)25-13-5-2-6-19-10-13/h2,5-6,8-11H,3-4,7H2,1H3,(H,21,22)(H2,18,23,24). The highest BCUT2D eigenvalue weighted by atomic mass is 32.2. The van der Waals surface area contributed by atoms with Gasteiger partial charge in [-0.1, -0.05) is 0 Å². The van der Waals surface area contributed by atoms with Gasteiger partial charge in [-0.25, -0.2) is 18.4 Å². The molecular weight excluding hydrogens is 358 g/mol. The zero-order valence-corrected chi connectivity index (χ0v) is 14.9. The first-order valence-electron chi connectivity index (χ1n) is 8.06. The van der Waals surface area contributed by atoms with Crippen LogP contribution in [0.5, 0.6) is 11.5 Å². The molecule has 1 aromatic carbocycles. The monoisotopic (exact) mass is 377 g/mol. The number of rotatable bonds is 5. The molecule has 8 nitrogen and oxygen atoms in total. The summed E-state index contributed by atoms with van der Waals surface area (Å²) in [4.78, 5) is 17.0. The molecule has 1 aliphatic rings. The van der Waals surface area contributed by atoms with Crippen molar-refractivity contribution >= 4 is 21.7 Å². The quantitative estimate of drug-likeness (QED) is 0.819. The molecule has 3 rings (SSSR count). The van der Waals surface area contributed by atoms with E-state index in [0.29, 0.717) is 18.0 Å². The first-order valence-corrected chi connectivity index (χ1v) is 9.60. The van der Waals surface area contributed by atoms with Gasteiger partial charge in [-0.15, -0.1) is 0 Å². The van der Waals surface area contributed by atoms with Crippen molar-refractivity contribution in [2.24, 2.45) is 5.14 Å². The number of nitrogens with two attached hydrogens (primary N) is 1. The molecule has 3 N–H and O–H groups in total. The van der Waals surface area contributed by atoms with Crippen LogP contribution in [-0.2, 0) is 10.0 Å². The van der Waals surface area contributed by atoms with Crippen molar-refractivity contribution in [1.29, 1.82) is 0 Å². The Morgan fingerprint density at radius 2 is 2.19 bits per heavy atom. The van der Waals surface area contributed by atoms with Crippen LogP contribution in [0.2, 0.25) is 0 Å². The molecule has 138 valence electrons. The molecule has 1 saturated heterocycles. The van der Waals surface area contributed by atoms with Crippen molar-refractivity contribution in [2.75, 3.05) is 11.4 Å². The van der Waals surface area contributed by atoms with E-state index in [1.54, 1.807) is 18.3 Å². The number of ether oxygens (including phenoxy) is 1. The largest absolute Gasteiger partial charge is 0.478 e. The minimum Gasteiger partial charge on any atom is -0.478 e. The van der Waals surface area contributed by atoms with Crippen LogP contribution in [0.25, 0.3) is 0 Å². The van der Waals surface area contributed by atoms with Crippen LogP contribution in [0.1, 0.15) is 30.1 Å². The number of anilines is 1. The van der Waals surface area contributed by atoms with E-state index in [-0.39, 0.29) is 22.3 Å². The lowest BCUT2D eigenvalue weighted by atomic mass is 10.1. The molecule has 26 heavy (non-hydrogen) atoms. The Hall–Kier alpha value is -2.65. The normalized spacial score (nSPS) is 17.3. The third-order valence-electron chi connectivity index (χ3n) is 4.31. The average molecular weight is 377 g/mol. The number of carboxylic acid groups (broad SMARTS) is 1. The Kier molecular flexibility index (Phi) is 4.84. The van der Waals surface area contributed by atoms with E-state index in [1.165, 1.54) is 12.3 Å². The van der Waals surface area contributed by atoms with Gasteiger partial charge in [0.2, 0.25) is 10.0 Å². The van der Waals surface area contributed by atoms with Crippen molar-refractivity contribution in [3.63, 3.8) is 0 Å². The highest BCUT2D eigenvalue weighted by Gasteiger charge is 2.30. The second kappa shape index (κ2) is 6.93. The summed E-state index contributed by atoms with van der Waals surface area (Å²) < 4.78 is 30.1. The fourth-order valence-electron chi connectivity index (χ4n) is 3.05. The van der Waals surface area contributed by atoms with Crippen LogP contribution in [0.15, 0.2) is 41.6 Å². The van der Waals surface area contributed by atoms with Gasteiger partial charge in [0.05, 0.1) is 17.4 Å². The summed E-state index contributed by atoms with van der Waals surface area (Å²) in [5, 5.41) is 14.7. The Balaban J connectivity index is 2.24. The number of carbonyl (C=O) groups is 1. The molecule has 1 aromatic heterocycles. The Morgan fingerprint density at radius 1 is 1.42 bits per heavy atom. The minimum atomic E-state index is -4.21. The molecule has 0 radical (unpaired) electrons. The Labute approximate surface area is 151 Å². The Morgan fingerprint density at radius 3 is 2.73 bits per heavy atom. The third-order valence-corrected chi connectivity index (χ3v) is 5.22. The molecule has 1 atom stereocenters. The van der Waals surface area contributed by atoms with Gasteiger partial charge in [-0.3, -0.25) is 4.98 Å². The van der Waals surface area contributed by atoms with Crippen LogP contribution in [0.4, 0.5) is 5.69 Å². The number of aromatic carboxylic acids is 1. The number of nitrogens with zero attached hydrogens (tertiary/aromatic N) is 2. The minimum absolute atomic E-state index is 0.0132. The van der Waals surface area contributed by atoms with Crippen molar-refractivity contribution in [3.05, 3.63) is 42.2 Å². The summed E-state index contributed by atoms with van der Waals surface area (Å²) in [6, 6.07) is 5.83. The van der Waals surface area contributed by atoms with E-state index in [0.717, 1.165) is 18.9 Å². The van der Waals surface area contributed by atoms with Gasteiger partial charge in [0.15, 0.2) is 5.75 Å². The molecule has 0 amide bonds. The smallest absolute Gasteiger partial charge is 0.335 e. The molecule has 2 aromatic rings. The molecule has 0 bridgehead atoms. The van der Waals surface area contributed by atoms with Crippen LogP contribution in [0.3, 0.4) is 0 Å². The number of primary sulfonamides is 1. The number of benzene rings is 1. The maximum Gasteiger partial charge on any atom is 0.335 e. The van der Waals surface area contributed by atoms with Gasteiger partial charge in [-0.05, 0) is 44.0 Å². The maximum absolute atomic E-state index is 12.1. The van der Waals surface area contributed by atoms with Crippen molar-refractivity contribution < 1.29 is 23.1 Å². The molecule has 1 aliphatic heterocycles. The van der Waals surface area contributed by atoms with Crippen LogP contribution in [-0.4, -0.2) is 37.1 Å². The van der Waals surface area contributed by atoms with E-state index in [2.05, 4.69) is 4.98 Å². The van der Waals surface area contributed by atoms with E-state index < -0.39 is 16.0 Å². The second-order valence-electron chi connectivity index (χ2n) is 6.15. The number of hydrogen-bond acceptors (Lipinski definition) is 6. The fourth-order valence-corrected chi connectivity index (χ4v) is 3.75. The SMILES string of the molecule is CC1CCCN1c1cc(C(=O)O)cc(S(N)(=O)=O)c1Oc1cccnc1. The molecule has 0 saturated carbocycles. The first kappa shape index (κ1) is 18.2. The second-order valence-corrected chi connectivity index (χ2v) is 7.68. The molecular formula is C17H19N3O5S. The van der Waals surface area contributed by atoms with E-state index in [4.69, 9.17) is 9.88 Å². The van der Waals surface area contributed by atoms with Crippen molar-refractivity contribution in [2.45, 2.75) is 30.7 Å². The third kappa shape index (κ3) is 3.63.